The predicted molar refractivity (Wildman–Crippen MR) is 118 cm³/mol. The molecule has 3 rings (SSSR count). The van der Waals surface area contributed by atoms with E-state index in [2.05, 4.69) is 6.92 Å². The van der Waals surface area contributed by atoms with Gasteiger partial charge in [0, 0.05) is 12.3 Å². The van der Waals surface area contributed by atoms with Gasteiger partial charge in [-0.25, -0.2) is 4.79 Å². The number of benzene rings is 2. The molecule has 0 radical (unpaired) electrons. The largest absolute Gasteiger partial charge is 0.494 e. The van der Waals surface area contributed by atoms with Crippen molar-refractivity contribution in [3.05, 3.63) is 59.7 Å². The van der Waals surface area contributed by atoms with E-state index in [4.69, 9.17) is 9.47 Å². The number of carbonyl (C=O) groups excluding carboxylic acids is 2. The van der Waals surface area contributed by atoms with Gasteiger partial charge in [0.2, 0.25) is 0 Å². The van der Waals surface area contributed by atoms with Crippen LogP contribution in [0.1, 0.15) is 80.6 Å². The van der Waals surface area contributed by atoms with Gasteiger partial charge in [-0.3, -0.25) is 4.79 Å². The van der Waals surface area contributed by atoms with Crippen LogP contribution in [-0.4, -0.2) is 18.4 Å². The molecule has 0 saturated heterocycles. The van der Waals surface area contributed by atoms with Crippen molar-refractivity contribution in [3.8, 4) is 11.5 Å². The highest BCUT2D eigenvalue weighted by Crippen LogP contribution is 2.36. The Kier molecular flexibility index (Phi) is 8.06. The molecule has 4 heteroatoms. The van der Waals surface area contributed by atoms with Gasteiger partial charge in [-0.1, -0.05) is 25.5 Å². The molecular formula is C26H32O4. The molecule has 4 nitrogen and oxygen atoms in total. The lowest BCUT2D eigenvalue weighted by Gasteiger charge is -2.28. The molecule has 1 aliphatic carbocycles. The van der Waals surface area contributed by atoms with Crippen LogP contribution in [0.5, 0.6) is 11.5 Å². The summed E-state index contributed by atoms with van der Waals surface area (Å²) in [5.74, 6) is 2.05. The van der Waals surface area contributed by atoms with Gasteiger partial charge in [0.05, 0.1) is 12.2 Å². The molecule has 0 N–H and O–H groups in total. The van der Waals surface area contributed by atoms with Gasteiger partial charge in [0.15, 0.2) is 0 Å². The molecule has 1 aliphatic rings. The third-order valence-electron chi connectivity index (χ3n) is 5.92. The zero-order chi connectivity index (χ0) is 21.3. The fraction of sp³-hybridized carbons (Fsp3) is 0.462. The lowest BCUT2D eigenvalue weighted by Crippen LogP contribution is -2.21. The number of ether oxygens (including phenoxy) is 2. The zero-order valence-electron chi connectivity index (χ0n) is 18.1. The third-order valence-corrected chi connectivity index (χ3v) is 5.92. The topological polar surface area (TPSA) is 52.6 Å². The molecule has 2 aromatic rings. The monoisotopic (exact) mass is 408 g/mol. The Morgan fingerprint density at radius 1 is 0.867 bits per heavy atom. The summed E-state index contributed by atoms with van der Waals surface area (Å²) in [7, 11) is 0. The molecular weight excluding hydrogens is 376 g/mol. The minimum Gasteiger partial charge on any atom is -0.494 e. The number of hydrogen-bond acceptors (Lipinski definition) is 4. The van der Waals surface area contributed by atoms with E-state index in [0.29, 0.717) is 29.6 Å². The van der Waals surface area contributed by atoms with Crippen LogP contribution in [0, 0.1) is 5.92 Å². The van der Waals surface area contributed by atoms with E-state index in [1.807, 2.05) is 31.2 Å². The number of unbranched alkanes of at least 4 members (excludes halogenated alkanes) is 1. The molecule has 160 valence electrons. The summed E-state index contributed by atoms with van der Waals surface area (Å²) in [6.45, 7) is 4.65. The van der Waals surface area contributed by atoms with E-state index in [9.17, 15) is 9.59 Å². The maximum atomic E-state index is 12.4. The van der Waals surface area contributed by atoms with Gasteiger partial charge in [-0.15, -0.1) is 0 Å². The summed E-state index contributed by atoms with van der Waals surface area (Å²) in [5.41, 5.74) is 1.78. The van der Waals surface area contributed by atoms with E-state index in [1.165, 1.54) is 5.56 Å². The highest BCUT2D eigenvalue weighted by molar-refractivity contribution is 5.91. The van der Waals surface area contributed by atoms with Gasteiger partial charge >= 0.3 is 5.97 Å². The summed E-state index contributed by atoms with van der Waals surface area (Å²) >= 11 is 0. The summed E-state index contributed by atoms with van der Waals surface area (Å²) in [6.07, 6.45) is 6.86. The van der Waals surface area contributed by atoms with Crippen LogP contribution in [0.15, 0.2) is 48.5 Å². The number of hydrogen-bond donors (Lipinski definition) is 0. The Bertz CT molecular complexity index is 815. The average molecular weight is 409 g/mol. The van der Waals surface area contributed by atoms with Crippen molar-refractivity contribution in [1.29, 1.82) is 0 Å². The van der Waals surface area contributed by atoms with Crippen molar-refractivity contribution in [2.24, 2.45) is 5.92 Å². The summed E-state index contributed by atoms with van der Waals surface area (Å²) in [5, 5.41) is 0. The van der Waals surface area contributed by atoms with Crippen LogP contribution in [0.25, 0.3) is 0 Å². The fourth-order valence-corrected chi connectivity index (χ4v) is 4.13. The van der Waals surface area contributed by atoms with Crippen molar-refractivity contribution in [3.63, 3.8) is 0 Å². The van der Waals surface area contributed by atoms with Crippen LogP contribution in [0.2, 0.25) is 0 Å². The number of esters is 1. The summed E-state index contributed by atoms with van der Waals surface area (Å²) < 4.78 is 10.9. The van der Waals surface area contributed by atoms with Gasteiger partial charge in [0.1, 0.15) is 17.3 Å². The normalized spacial score (nSPS) is 18.6. The van der Waals surface area contributed by atoms with Crippen LogP contribution >= 0.6 is 0 Å². The first kappa shape index (κ1) is 22.1. The van der Waals surface area contributed by atoms with E-state index in [1.54, 1.807) is 24.3 Å². The maximum Gasteiger partial charge on any atom is 0.343 e. The molecule has 30 heavy (non-hydrogen) atoms. The highest BCUT2D eigenvalue weighted by atomic mass is 16.5. The molecule has 2 aromatic carbocycles. The van der Waals surface area contributed by atoms with Gasteiger partial charge < -0.3 is 9.47 Å². The second-order valence-corrected chi connectivity index (χ2v) is 8.03. The Balaban J connectivity index is 1.52. The number of Topliss-reactive ketones (excluding diaryl/α,β-unsaturated/α-hetero) is 1. The van der Waals surface area contributed by atoms with Crippen LogP contribution < -0.4 is 9.47 Å². The minimum atomic E-state index is -0.365. The maximum absolute atomic E-state index is 12.4. The predicted octanol–water partition coefficient (Wildman–Crippen LogP) is 6.34. The second kappa shape index (κ2) is 11.0. The molecule has 0 spiro atoms. The fourth-order valence-electron chi connectivity index (χ4n) is 4.13. The molecule has 0 aromatic heterocycles. The molecule has 0 heterocycles. The molecule has 0 amide bonds. The van der Waals surface area contributed by atoms with Crippen LogP contribution in [-0.2, 0) is 4.79 Å². The van der Waals surface area contributed by atoms with E-state index < -0.39 is 0 Å². The molecule has 0 atom stereocenters. The van der Waals surface area contributed by atoms with E-state index >= 15 is 0 Å². The molecule has 0 aliphatic heterocycles. The Morgan fingerprint density at radius 2 is 1.50 bits per heavy atom. The molecule has 1 fully saturated rings. The van der Waals surface area contributed by atoms with Crippen molar-refractivity contribution >= 4 is 11.8 Å². The zero-order valence-corrected chi connectivity index (χ0v) is 18.1. The van der Waals surface area contributed by atoms with Gasteiger partial charge in [0.25, 0.3) is 0 Å². The Hall–Kier alpha value is -2.62. The standard InChI is InChI=1S/C26H32O4/c1-3-5-6-25(27)21-11-7-19(8-12-21)20-9-13-22(14-10-20)26(28)30-24-17-15-23(16-18-24)29-4-2/h9-10,13-19,21H,3-8,11-12H2,1-2H3. The first-order valence-corrected chi connectivity index (χ1v) is 11.2. The third kappa shape index (κ3) is 5.94. The van der Waals surface area contributed by atoms with Crippen molar-refractivity contribution in [1.82, 2.24) is 0 Å². The molecule has 0 bridgehead atoms. The minimum absolute atomic E-state index is 0.246. The quantitative estimate of drug-likeness (QED) is 0.359. The lowest BCUT2D eigenvalue weighted by molar-refractivity contribution is -0.124. The Labute approximate surface area is 179 Å². The number of rotatable bonds is 9. The van der Waals surface area contributed by atoms with Crippen molar-refractivity contribution in [2.75, 3.05) is 6.61 Å². The second-order valence-electron chi connectivity index (χ2n) is 8.03. The van der Waals surface area contributed by atoms with Crippen LogP contribution in [0.4, 0.5) is 0 Å². The highest BCUT2D eigenvalue weighted by Gasteiger charge is 2.26. The van der Waals surface area contributed by atoms with Gasteiger partial charge in [-0.2, -0.15) is 0 Å². The smallest absolute Gasteiger partial charge is 0.343 e. The Morgan fingerprint density at radius 3 is 2.10 bits per heavy atom. The van der Waals surface area contributed by atoms with Gasteiger partial charge in [-0.05, 0) is 86.9 Å². The average Bonchev–Trinajstić information content (AvgIpc) is 2.79. The number of ketones is 1. The summed E-state index contributed by atoms with van der Waals surface area (Å²) in [6, 6.07) is 14.8. The van der Waals surface area contributed by atoms with Crippen molar-refractivity contribution < 1.29 is 19.1 Å². The molecule has 1 saturated carbocycles. The van der Waals surface area contributed by atoms with Crippen LogP contribution in [0.3, 0.4) is 0 Å². The van der Waals surface area contributed by atoms with E-state index in [-0.39, 0.29) is 11.9 Å². The first-order chi connectivity index (χ1) is 14.6. The molecule has 0 unspecified atom stereocenters. The number of carbonyl (C=O) groups is 2. The first-order valence-electron chi connectivity index (χ1n) is 11.2. The van der Waals surface area contributed by atoms with Crippen molar-refractivity contribution in [2.45, 2.75) is 64.7 Å². The SMILES string of the molecule is CCCCC(=O)C1CCC(c2ccc(C(=O)Oc3ccc(OCC)cc3)cc2)CC1. The summed E-state index contributed by atoms with van der Waals surface area (Å²) in [4.78, 5) is 24.7. The lowest BCUT2D eigenvalue weighted by atomic mass is 9.76. The van der Waals surface area contributed by atoms with E-state index in [0.717, 1.165) is 50.7 Å².